The third kappa shape index (κ3) is 1.30. The topological polar surface area (TPSA) is 21.3 Å². The van der Waals surface area contributed by atoms with E-state index in [-0.39, 0.29) is 6.23 Å². The fourth-order valence-corrected chi connectivity index (χ4v) is 1.53. The van der Waals surface area contributed by atoms with Crippen molar-refractivity contribution in [1.29, 1.82) is 0 Å². The Labute approximate surface area is 72.5 Å². The molecule has 1 heterocycles. The summed E-state index contributed by atoms with van der Waals surface area (Å²) in [5.74, 6) is 1.03. The van der Waals surface area contributed by atoms with E-state index >= 15 is 0 Å². The summed E-state index contributed by atoms with van der Waals surface area (Å²) in [6, 6.07) is 8.22. The van der Waals surface area contributed by atoms with E-state index in [1.807, 2.05) is 19.2 Å². The summed E-state index contributed by atoms with van der Waals surface area (Å²) in [6.07, 6.45) is 2.37. The quantitative estimate of drug-likeness (QED) is 0.678. The highest BCUT2D eigenvalue weighted by Crippen LogP contribution is 2.25. The van der Waals surface area contributed by atoms with Crippen molar-refractivity contribution in [2.45, 2.75) is 19.1 Å². The van der Waals surface area contributed by atoms with Gasteiger partial charge in [-0.25, -0.2) is 0 Å². The van der Waals surface area contributed by atoms with Gasteiger partial charge in [-0.15, -0.1) is 0 Å². The van der Waals surface area contributed by atoms with Crippen LogP contribution >= 0.6 is 0 Å². The van der Waals surface area contributed by atoms with E-state index in [9.17, 15) is 0 Å². The van der Waals surface area contributed by atoms with Crippen LogP contribution in [0.1, 0.15) is 12.0 Å². The molecule has 0 aliphatic carbocycles. The van der Waals surface area contributed by atoms with Crippen LogP contribution in [0.4, 0.5) is 0 Å². The van der Waals surface area contributed by atoms with Gasteiger partial charge in [0.1, 0.15) is 12.0 Å². The Morgan fingerprint density at radius 2 is 2.25 bits per heavy atom. The number of fused-ring (bicyclic) bond motifs is 1. The molecule has 1 aromatic carbocycles. The first-order valence-electron chi connectivity index (χ1n) is 4.32. The maximum Gasteiger partial charge on any atom is 0.150 e. The number of hydrogen-bond acceptors (Lipinski definition) is 2. The maximum atomic E-state index is 5.67. The highest BCUT2D eigenvalue weighted by molar-refractivity contribution is 5.34. The second-order valence-electron chi connectivity index (χ2n) is 3.04. The lowest BCUT2D eigenvalue weighted by molar-refractivity contribution is 0.147. The van der Waals surface area contributed by atoms with Crippen LogP contribution in [-0.4, -0.2) is 13.3 Å². The monoisotopic (exact) mass is 163 g/mol. The zero-order valence-electron chi connectivity index (χ0n) is 7.21. The Kier molecular flexibility index (Phi) is 2.00. The summed E-state index contributed by atoms with van der Waals surface area (Å²) in [7, 11) is 1.93. The van der Waals surface area contributed by atoms with Crippen molar-refractivity contribution in [2.24, 2.45) is 0 Å². The summed E-state index contributed by atoms with van der Waals surface area (Å²) >= 11 is 0. The van der Waals surface area contributed by atoms with Gasteiger partial charge in [0, 0.05) is 6.42 Å². The number of para-hydroxylation sites is 1. The second-order valence-corrected chi connectivity index (χ2v) is 3.04. The fraction of sp³-hybridized carbons (Fsp3) is 0.400. The van der Waals surface area contributed by atoms with Crippen LogP contribution in [0.15, 0.2) is 24.3 Å². The number of aryl methyl sites for hydroxylation is 1. The van der Waals surface area contributed by atoms with E-state index in [1.54, 1.807) is 0 Å². The molecular weight excluding hydrogens is 150 g/mol. The maximum absolute atomic E-state index is 5.67. The molecular formula is C10H13NO. The van der Waals surface area contributed by atoms with Crippen molar-refractivity contribution in [3.8, 4) is 5.75 Å². The van der Waals surface area contributed by atoms with Crippen LogP contribution in [0.5, 0.6) is 5.75 Å². The van der Waals surface area contributed by atoms with Crippen molar-refractivity contribution in [3.05, 3.63) is 29.8 Å². The number of ether oxygens (including phenoxy) is 1. The average Bonchev–Trinajstić information content (AvgIpc) is 2.17. The molecule has 0 radical (unpaired) electrons. The first-order chi connectivity index (χ1) is 5.90. The molecule has 2 rings (SSSR count). The molecule has 0 amide bonds. The van der Waals surface area contributed by atoms with Gasteiger partial charge < -0.3 is 4.74 Å². The molecule has 1 aliphatic heterocycles. The first-order valence-corrected chi connectivity index (χ1v) is 4.32. The zero-order chi connectivity index (χ0) is 8.39. The summed E-state index contributed by atoms with van der Waals surface area (Å²) in [5.41, 5.74) is 1.32. The molecule has 2 heteroatoms. The van der Waals surface area contributed by atoms with Gasteiger partial charge in [0.25, 0.3) is 0 Å². The molecule has 0 bridgehead atoms. The van der Waals surface area contributed by atoms with Gasteiger partial charge in [-0.05, 0) is 25.1 Å². The van der Waals surface area contributed by atoms with E-state index in [2.05, 4.69) is 17.4 Å². The molecule has 64 valence electrons. The van der Waals surface area contributed by atoms with Gasteiger partial charge in [-0.3, -0.25) is 5.32 Å². The van der Waals surface area contributed by atoms with Gasteiger partial charge in [-0.1, -0.05) is 18.2 Å². The summed E-state index contributed by atoms with van der Waals surface area (Å²) < 4.78 is 5.67. The number of rotatable bonds is 1. The highest BCUT2D eigenvalue weighted by Gasteiger charge is 2.16. The first kappa shape index (κ1) is 7.62. The summed E-state index contributed by atoms with van der Waals surface area (Å²) in [6.45, 7) is 0. The molecule has 0 aromatic heterocycles. The third-order valence-electron chi connectivity index (χ3n) is 2.24. The van der Waals surface area contributed by atoms with Crippen molar-refractivity contribution in [3.63, 3.8) is 0 Å². The van der Waals surface area contributed by atoms with Crippen LogP contribution in [-0.2, 0) is 6.42 Å². The van der Waals surface area contributed by atoms with Crippen molar-refractivity contribution in [1.82, 2.24) is 5.32 Å². The second kappa shape index (κ2) is 3.15. The molecule has 12 heavy (non-hydrogen) atoms. The Bertz CT molecular complexity index is 272. The molecule has 2 nitrogen and oxygen atoms in total. The predicted molar refractivity (Wildman–Crippen MR) is 48.2 cm³/mol. The summed E-state index contributed by atoms with van der Waals surface area (Å²) in [4.78, 5) is 0. The largest absolute Gasteiger partial charge is 0.475 e. The minimum Gasteiger partial charge on any atom is -0.475 e. The van der Waals surface area contributed by atoms with Crippen LogP contribution in [0, 0.1) is 0 Å². The molecule has 0 saturated heterocycles. The van der Waals surface area contributed by atoms with Gasteiger partial charge in [0.15, 0.2) is 0 Å². The molecule has 0 unspecified atom stereocenters. The van der Waals surface area contributed by atoms with E-state index in [0.29, 0.717) is 0 Å². The normalized spacial score (nSPS) is 21.2. The molecule has 1 atom stereocenters. The lowest BCUT2D eigenvalue weighted by atomic mass is 10.1. The molecule has 1 aliphatic rings. The smallest absolute Gasteiger partial charge is 0.150 e. The van der Waals surface area contributed by atoms with Crippen LogP contribution < -0.4 is 10.1 Å². The Morgan fingerprint density at radius 1 is 1.42 bits per heavy atom. The van der Waals surface area contributed by atoms with E-state index in [4.69, 9.17) is 4.74 Å². The van der Waals surface area contributed by atoms with E-state index < -0.39 is 0 Å². The number of benzene rings is 1. The Balaban J connectivity index is 2.23. The molecule has 1 aromatic rings. The van der Waals surface area contributed by atoms with Crippen molar-refractivity contribution < 1.29 is 4.74 Å². The standard InChI is InChI=1S/C10H13NO/c1-11-10-7-6-8-4-2-3-5-9(8)12-10/h2-5,10-11H,6-7H2,1H3/t10-/m0/s1. The fourth-order valence-electron chi connectivity index (χ4n) is 1.53. The highest BCUT2D eigenvalue weighted by atomic mass is 16.5. The van der Waals surface area contributed by atoms with Gasteiger partial charge in [0.2, 0.25) is 0 Å². The Morgan fingerprint density at radius 3 is 3.08 bits per heavy atom. The minimum atomic E-state index is 0.194. The Hall–Kier alpha value is -1.02. The van der Waals surface area contributed by atoms with Gasteiger partial charge in [-0.2, -0.15) is 0 Å². The number of hydrogen-bond donors (Lipinski definition) is 1. The van der Waals surface area contributed by atoms with Crippen molar-refractivity contribution in [2.75, 3.05) is 7.05 Å². The van der Waals surface area contributed by atoms with Crippen molar-refractivity contribution >= 4 is 0 Å². The zero-order valence-corrected chi connectivity index (χ0v) is 7.21. The lowest BCUT2D eigenvalue weighted by Crippen LogP contribution is -2.34. The van der Waals surface area contributed by atoms with Gasteiger partial charge >= 0.3 is 0 Å². The predicted octanol–water partition coefficient (Wildman–Crippen LogP) is 1.56. The molecule has 0 spiro atoms. The molecule has 0 fully saturated rings. The number of nitrogens with one attached hydrogen (secondary N) is 1. The summed E-state index contributed by atoms with van der Waals surface area (Å²) in [5, 5.41) is 3.12. The molecule has 1 N–H and O–H groups in total. The average molecular weight is 163 g/mol. The van der Waals surface area contributed by atoms with Gasteiger partial charge in [0.05, 0.1) is 0 Å². The SMILES string of the molecule is CN[C@@H]1CCc2ccccc2O1. The minimum absolute atomic E-state index is 0.194. The van der Waals surface area contributed by atoms with E-state index in [0.717, 1.165) is 18.6 Å². The third-order valence-corrected chi connectivity index (χ3v) is 2.24. The van der Waals surface area contributed by atoms with Crippen LogP contribution in [0.3, 0.4) is 0 Å². The van der Waals surface area contributed by atoms with E-state index in [1.165, 1.54) is 5.56 Å². The van der Waals surface area contributed by atoms with Crippen LogP contribution in [0.25, 0.3) is 0 Å². The molecule has 0 saturated carbocycles. The van der Waals surface area contributed by atoms with Crippen LogP contribution in [0.2, 0.25) is 0 Å². The lowest BCUT2D eigenvalue weighted by Gasteiger charge is -2.25.